The predicted molar refractivity (Wildman–Crippen MR) is 79.0 cm³/mol. The summed E-state index contributed by atoms with van der Waals surface area (Å²) in [4.78, 5) is 12.1. The summed E-state index contributed by atoms with van der Waals surface area (Å²) in [7, 11) is -3.54. The van der Waals surface area contributed by atoms with Crippen molar-refractivity contribution in [2.45, 2.75) is 31.2 Å². The molecule has 3 heterocycles. The van der Waals surface area contributed by atoms with E-state index in [1.165, 1.54) is 27.2 Å². The van der Waals surface area contributed by atoms with E-state index < -0.39 is 10.0 Å². The maximum absolute atomic E-state index is 12.5. The molecule has 1 saturated heterocycles. The summed E-state index contributed by atoms with van der Waals surface area (Å²) >= 11 is 0. The van der Waals surface area contributed by atoms with Crippen LogP contribution >= 0.6 is 0 Å². The fourth-order valence-electron chi connectivity index (χ4n) is 2.52. The van der Waals surface area contributed by atoms with Crippen molar-refractivity contribution in [3.8, 4) is 0 Å². The van der Waals surface area contributed by atoms with E-state index in [9.17, 15) is 13.2 Å². The lowest BCUT2D eigenvalue weighted by Gasteiger charge is -2.16. The van der Waals surface area contributed by atoms with Crippen LogP contribution in [0.4, 0.5) is 0 Å². The summed E-state index contributed by atoms with van der Waals surface area (Å²) in [6, 6.07) is 4.35. The molecule has 0 spiro atoms. The maximum Gasteiger partial charge on any atom is 0.251 e. The second kappa shape index (κ2) is 5.69. The van der Waals surface area contributed by atoms with E-state index >= 15 is 0 Å². The molecule has 1 aliphatic rings. The van der Waals surface area contributed by atoms with E-state index in [2.05, 4.69) is 5.16 Å². The molecule has 0 atom stereocenters. The Hall–Kier alpha value is -1.93. The maximum atomic E-state index is 12.5. The van der Waals surface area contributed by atoms with Gasteiger partial charge in [-0.15, -0.1) is 0 Å². The first-order valence-electron chi connectivity index (χ1n) is 7.10. The van der Waals surface area contributed by atoms with Gasteiger partial charge in [0.05, 0.1) is 17.1 Å². The molecule has 0 aliphatic carbocycles. The molecular formula is C14H17N3O4S. The minimum atomic E-state index is -3.54. The highest BCUT2D eigenvalue weighted by atomic mass is 32.2. The monoisotopic (exact) mass is 323 g/mol. The standard InChI is InChI=1S/C14H17N3O4S/c1-11-8-12(21-15-11)9-16-10-13(4-5-14(16)18)22(19,20)17-6-2-3-7-17/h4-5,8,10H,2-3,6-7,9H2,1H3. The van der Waals surface area contributed by atoms with Crippen LogP contribution in [0.5, 0.6) is 0 Å². The Morgan fingerprint density at radius 3 is 2.64 bits per heavy atom. The molecule has 3 rings (SSSR count). The number of hydrogen-bond acceptors (Lipinski definition) is 5. The number of rotatable bonds is 4. The minimum Gasteiger partial charge on any atom is -0.359 e. The van der Waals surface area contributed by atoms with Gasteiger partial charge in [0.1, 0.15) is 0 Å². The first-order chi connectivity index (χ1) is 10.5. The van der Waals surface area contributed by atoms with Gasteiger partial charge in [-0.2, -0.15) is 4.31 Å². The highest BCUT2D eigenvalue weighted by molar-refractivity contribution is 7.89. The largest absolute Gasteiger partial charge is 0.359 e. The average Bonchev–Trinajstić information content (AvgIpc) is 3.13. The van der Waals surface area contributed by atoms with E-state index in [4.69, 9.17) is 4.52 Å². The molecule has 1 fully saturated rings. The summed E-state index contributed by atoms with van der Waals surface area (Å²) in [5.41, 5.74) is 0.429. The number of hydrogen-bond donors (Lipinski definition) is 0. The van der Waals surface area contributed by atoms with E-state index in [1.54, 1.807) is 13.0 Å². The van der Waals surface area contributed by atoms with Gasteiger partial charge < -0.3 is 9.09 Å². The summed E-state index contributed by atoms with van der Waals surface area (Å²) in [6.07, 6.45) is 3.11. The van der Waals surface area contributed by atoms with Crippen molar-refractivity contribution in [1.29, 1.82) is 0 Å². The van der Waals surface area contributed by atoms with Crippen LogP contribution in [0.15, 0.2) is 38.6 Å². The summed E-state index contributed by atoms with van der Waals surface area (Å²) in [5, 5.41) is 3.76. The van der Waals surface area contributed by atoms with Crippen LogP contribution in [0.3, 0.4) is 0 Å². The summed E-state index contributed by atoms with van der Waals surface area (Å²) in [6.45, 7) is 3.00. The second-order valence-electron chi connectivity index (χ2n) is 5.38. The third kappa shape index (κ3) is 2.84. The van der Waals surface area contributed by atoms with Crippen LogP contribution in [0, 0.1) is 6.92 Å². The van der Waals surface area contributed by atoms with Crippen molar-refractivity contribution in [2.75, 3.05) is 13.1 Å². The summed E-state index contributed by atoms with van der Waals surface area (Å²) < 4.78 is 32.9. The predicted octanol–water partition coefficient (Wildman–Crippen LogP) is 0.978. The molecule has 118 valence electrons. The Morgan fingerprint density at radius 1 is 1.27 bits per heavy atom. The SMILES string of the molecule is Cc1cc(Cn2cc(S(=O)(=O)N3CCCC3)ccc2=O)on1. The van der Waals surface area contributed by atoms with Crippen LogP contribution in [-0.4, -0.2) is 35.5 Å². The van der Waals surface area contributed by atoms with Crippen molar-refractivity contribution in [1.82, 2.24) is 14.0 Å². The lowest BCUT2D eigenvalue weighted by atomic mass is 10.3. The topological polar surface area (TPSA) is 85.4 Å². The van der Waals surface area contributed by atoms with E-state index in [0.29, 0.717) is 24.5 Å². The van der Waals surface area contributed by atoms with Crippen molar-refractivity contribution in [3.05, 3.63) is 46.2 Å². The van der Waals surface area contributed by atoms with Crippen LogP contribution in [0.2, 0.25) is 0 Å². The number of nitrogens with zero attached hydrogens (tertiary/aromatic N) is 3. The van der Waals surface area contributed by atoms with Crippen molar-refractivity contribution in [2.24, 2.45) is 0 Å². The zero-order valence-corrected chi connectivity index (χ0v) is 13.0. The van der Waals surface area contributed by atoms with Crippen molar-refractivity contribution >= 4 is 10.0 Å². The highest BCUT2D eigenvalue weighted by Crippen LogP contribution is 2.20. The van der Waals surface area contributed by atoms with Gasteiger partial charge in [-0.05, 0) is 25.8 Å². The molecule has 0 aromatic carbocycles. The van der Waals surface area contributed by atoms with Crippen molar-refractivity contribution < 1.29 is 12.9 Å². The Morgan fingerprint density at radius 2 is 2.00 bits per heavy atom. The molecule has 0 amide bonds. The van der Waals surface area contributed by atoms with Crippen LogP contribution in [0.1, 0.15) is 24.3 Å². The van der Waals surface area contributed by atoms with Gasteiger partial charge in [-0.1, -0.05) is 5.16 Å². The van der Waals surface area contributed by atoms with Crippen LogP contribution in [0.25, 0.3) is 0 Å². The molecule has 0 radical (unpaired) electrons. The van der Waals surface area contributed by atoms with E-state index in [1.807, 2.05) is 0 Å². The normalized spacial score (nSPS) is 16.2. The molecule has 7 nitrogen and oxygen atoms in total. The lowest BCUT2D eigenvalue weighted by Crippen LogP contribution is -2.29. The number of aryl methyl sites for hydroxylation is 1. The van der Waals surface area contributed by atoms with Gasteiger partial charge in [0.25, 0.3) is 5.56 Å². The Kier molecular flexibility index (Phi) is 3.88. The Bertz CT molecular complexity index is 832. The lowest BCUT2D eigenvalue weighted by molar-refractivity contribution is 0.371. The second-order valence-corrected chi connectivity index (χ2v) is 7.31. The van der Waals surface area contributed by atoms with Crippen LogP contribution in [-0.2, 0) is 16.6 Å². The molecule has 2 aromatic rings. The molecule has 1 aliphatic heterocycles. The molecule has 0 N–H and O–H groups in total. The quantitative estimate of drug-likeness (QED) is 0.837. The van der Waals surface area contributed by atoms with E-state index in [-0.39, 0.29) is 17.0 Å². The fourth-order valence-corrected chi connectivity index (χ4v) is 4.06. The Labute approximate surface area is 128 Å². The van der Waals surface area contributed by atoms with Crippen molar-refractivity contribution in [3.63, 3.8) is 0 Å². The van der Waals surface area contributed by atoms with E-state index in [0.717, 1.165) is 12.8 Å². The first-order valence-corrected chi connectivity index (χ1v) is 8.54. The number of aromatic nitrogens is 2. The molecule has 0 saturated carbocycles. The highest BCUT2D eigenvalue weighted by Gasteiger charge is 2.27. The molecule has 8 heteroatoms. The van der Waals surface area contributed by atoms with Gasteiger partial charge >= 0.3 is 0 Å². The van der Waals surface area contributed by atoms with Gasteiger partial charge in [-0.3, -0.25) is 4.79 Å². The average molecular weight is 323 g/mol. The van der Waals surface area contributed by atoms with Gasteiger partial charge in [0.15, 0.2) is 5.76 Å². The zero-order valence-electron chi connectivity index (χ0n) is 12.2. The molecule has 2 aromatic heterocycles. The Balaban J connectivity index is 1.94. The molecule has 22 heavy (non-hydrogen) atoms. The number of pyridine rings is 1. The third-order valence-corrected chi connectivity index (χ3v) is 5.54. The summed E-state index contributed by atoms with van der Waals surface area (Å²) in [5.74, 6) is 0.510. The first kappa shape index (κ1) is 15.0. The minimum absolute atomic E-state index is 0.130. The smallest absolute Gasteiger partial charge is 0.251 e. The molecular weight excluding hydrogens is 306 g/mol. The number of sulfonamides is 1. The third-order valence-electron chi connectivity index (χ3n) is 3.66. The zero-order chi connectivity index (χ0) is 15.7. The fraction of sp³-hybridized carbons (Fsp3) is 0.429. The molecule has 0 bridgehead atoms. The van der Waals surface area contributed by atoms with Crippen LogP contribution < -0.4 is 5.56 Å². The van der Waals surface area contributed by atoms with Gasteiger partial charge in [0, 0.05) is 31.4 Å². The van der Waals surface area contributed by atoms with Gasteiger partial charge in [0.2, 0.25) is 10.0 Å². The molecule has 0 unspecified atom stereocenters. The van der Waals surface area contributed by atoms with Gasteiger partial charge in [-0.25, -0.2) is 8.42 Å².